The molecule has 3 fully saturated rings. The van der Waals surface area contributed by atoms with Gasteiger partial charge in [-0.05, 0) is 18.4 Å². The maximum absolute atomic E-state index is 13.3. The lowest BCUT2D eigenvalue weighted by Crippen LogP contribution is -2.86. The number of likely N-dealkylation sites (tertiary alicyclic amines) is 2. The lowest BCUT2D eigenvalue weighted by atomic mass is 9.60. The lowest BCUT2D eigenvalue weighted by molar-refractivity contribution is -0.210. The van der Waals surface area contributed by atoms with E-state index in [1.807, 2.05) is 30.3 Å². The summed E-state index contributed by atoms with van der Waals surface area (Å²) in [6.45, 7) is 1.69. The minimum absolute atomic E-state index is 0.00926. The molecule has 1 N–H and O–H groups in total. The van der Waals surface area contributed by atoms with E-state index in [-0.39, 0.29) is 36.9 Å². The maximum Gasteiger partial charge on any atom is 0.390 e. The van der Waals surface area contributed by atoms with Crippen molar-refractivity contribution in [1.29, 1.82) is 0 Å². The fourth-order valence-electron chi connectivity index (χ4n) is 5.33. The van der Waals surface area contributed by atoms with Gasteiger partial charge in [0.2, 0.25) is 5.91 Å². The highest BCUT2D eigenvalue weighted by atomic mass is 19.4. The summed E-state index contributed by atoms with van der Waals surface area (Å²) >= 11 is 0. The Morgan fingerprint density at radius 2 is 1.83 bits per heavy atom. The molecule has 1 amide bonds. The van der Waals surface area contributed by atoms with Gasteiger partial charge in [0.05, 0.1) is 24.6 Å². The third-order valence-electron chi connectivity index (χ3n) is 6.64. The van der Waals surface area contributed by atoms with Gasteiger partial charge in [0, 0.05) is 44.7 Å². The Hall–Kier alpha value is -1.64. The molecule has 160 valence electrons. The van der Waals surface area contributed by atoms with E-state index in [4.69, 9.17) is 4.74 Å². The lowest BCUT2D eigenvalue weighted by Gasteiger charge is -2.71. The molecule has 0 aromatic heterocycles. The van der Waals surface area contributed by atoms with Gasteiger partial charge in [-0.1, -0.05) is 30.3 Å². The number of ether oxygens (including phenoxy) is 1. The number of rotatable bonds is 5. The van der Waals surface area contributed by atoms with Crippen LogP contribution in [0.25, 0.3) is 0 Å². The first-order valence-electron chi connectivity index (χ1n) is 10.2. The number of carbonyl (C=O) groups excluding carboxylic acids is 1. The molecule has 0 unspecified atom stereocenters. The second-order valence-electron chi connectivity index (χ2n) is 8.41. The van der Waals surface area contributed by atoms with E-state index in [1.165, 1.54) is 0 Å². The summed E-state index contributed by atoms with van der Waals surface area (Å²) in [5, 5.41) is 10.1. The average Bonchev–Trinajstić information content (AvgIpc) is 2.66. The summed E-state index contributed by atoms with van der Waals surface area (Å²) in [4.78, 5) is 16.9. The van der Waals surface area contributed by atoms with Crippen LogP contribution in [0.4, 0.5) is 13.2 Å². The molecule has 8 heteroatoms. The van der Waals surface area contributed by atoms with Crippen LogP contribution in [0, 0.1) is 5.92 Å². The van der Waals surface area contributed by atoms with Crippen molar-refractivity contribution in [3.8, 4) is 0 Å². The van der Waals surface area contributed by atoms with Gasteiger partial charge in [0.25, 0.3) is 0 Å². The molecular weight excluding hydrogens is 385 g/mol. The minimum Gasteiger partial charge on any atom is -0.394 e. The van der Waals surface area contributed by atoms with Crippen molar-refractivity contribution in [2.24, 2.45) is 5.92 Å². The van der Waals surface area contributed by atoms with Crippen LogP contribution in [0.2, 0.25) is 0 Å². The van der Waals surface area contributed by atoms with Gasteiger partial charge in [-0.15, -0.1) is 0 Å². The molecule has 1 aromatic carbocycles. The molecule has 3 aliphatic heterocycles. The third kappa shape index (κ3) is 3.78. The summed E-state index contributed by atoms with van der Waals surface area (Å²) in [5.74, 6) is -0.203. The van der Waals surface area contributed by atoms with E-state index in [0.29, 0.717) is 39.1 Å². The largest absolute Gasteiger partial charge is 0.394 e. The highest BCUT2D eigenvalue weighted by Crippen LogP contribution is 2.54. The molecule has 5 nitrogen and oxygen atoms in total. The molecular formula is C21H27F3N2O3. The normalized spacial score (nSPS) is 27.5. The SMILES string of the molecule is O=C(C1CCOCC1)N1[C@H](CO)[C@@H](c2ccccc2)C12CN(CCC(F)(F)F)C2. The number of aliphatic hydroxyl groups excluding tert-OH is 1. The number of benzene rings is 1. The Balaban J connectivity index is 1.55. The van der Waals surface area contributed by atoms with E-state index in [2.05, 4.69) is 0 Å². The predicted molar refractivity (Wildman–Crippen MR) is 100 cm³/mol. The van der Waals surface area contributed by atoms with Gasteiger partial charge in [0.15, 0.2) is 0 Å². The summed E-state index contributed by atoms with van der Waals surface area (Å²) in [6, 6.07) is 9.36. The standard InChI is InChI=1S/C21H27F3N2O3/c22-21(23,24)8-9-25-13-20(14-25)18(15-4-2-1-3-5-15)17(12-27)26(20)19(28)16-6-10-29-11-7-16/h1-5,16-18,27H,6-14H2/t17-,18-/m1/s1. The Morgan fingerprint density at radius 1 is 1.17 bits per heavy atom. The number of hydrogen-bond acceptors (Lipinski definition) is 4. The Labute approximate surface area is 168 Å². The number of hydrogen-bond donors (Lipinski definition) is 1. The van der Waals surface area contributed by atoms with Crippen molar-refractivity contribution >= 4 is 5.91 Å². The first-order chi connectivity index (χ1) is 13.9. The molecule has 3 heterocycles. The van der Waals surface area contributed by atoms with E-state index >= 15 is 0 Å². The minimum atomic E-state index is -4.19. The quantitative estimate of drug-likeness (QED) is 0.807. The van der Waals surface area contributed by atoms with Crippen LogP contribution < -0.4 is 0 Å². The van der Waals surface area contributed by atoms with Crippen LogP contribution in [-0.2, 0) is 9.53 Å². The Morgan fingerprint density at radius 3 is 2.41 bits per heavy atom. The van der Waals surface area contributed by atoms with E-state index in [1.54, 1.807) is 9.80 Å². The van der Waals surface area contributed by atoms with Gasteiger partial charge >= 0.3 is 6.18 Å². The molecule has 1 aromatic rings. The smallest absolute Gasteiger partial charge is 0.390 e. The monoisotopic (exact) mass is 412 g/mol. The number of nitrogens with zero attached hydrogens (tertiary/aromatic N) is 2. The zero-order chi connectivity index (χ0) is 20.6. The van der Waals surface area contributed by atoms with Crippen LogP contribution >= 0.6 is 0 Å². The highest BCUT2D eigenvalue weighted by Gasteiger charge is 2.67. The van der Waals surface area contributed by atoms with Gasteiger partial charge < -0.3 is 14.7 Å². The van der Waals surface area contributed by atoms with E-state index in [9.17, 15) is 23.1 Å². The highest BCUT2D eigenvalue weighted by molar-refractivity contribution is 5.82. The summed E-state index contributed by atoms with van der Waals surface area (Å²) < 4.78 is 43.3. The topological polar surface area (TPSA) is 53.0 Å². The second kappa shape index (κ2) is 7.89. The molecule has 0 aliphatic carbocycles. The first-order valence-corrected chi connectivity index (χ1v) is 10.2. The van der Waals surface area contributed by atoms with Crippen LogP contribution in [0.15, 0.2) is 30.3 Å². The molecule has 29 heavy (non-hydrogen) atoms. The molecule has 3 aliphatic rings. The molecule has 2 atom stereocenters. The number of amides is 1. The summed E-state index contributed by atoms with van der Waals surface area (Å²) in [7, 11) is 0. The van der Waals surface area contributed by atoms with E-state index < -0.39 is 18.1 Å². The first kappa shape index (κ1) is 20.6. The molecule has 4 rings (SSSR count). The zero-order valence-electron chi connectivity index (χ0n) is 16.3. The van der Waals surface area contributed by atoms with Crippen molar-refractivity contribution in [1.82, 2.24) is 9.80 Å². The van der Waals surface area contributed by atoms with Crippen molar-refractivity contribution in [2.45, 2.75) is 42.9 Å². The van der Waals surface area contributed by atoms with Crippen molar-refractivity contribution in [2.75, 3.05) is 39.5 Å². The van der Waals surface area contributed by atoms with Crippen LogP contribution in [0.1, 0.15) is 30.7 Å². The zero-order valence-corrected chi connectivity index (χ0v) is 16.3. The second-order valence-corrected chi connectivity index (χ2v) is 8.41. The van der Waals surface area contributed by atoms with Crippen LogP contribution in [-0.4, -0.2) is 78.0 Å². The van der Waals surface area contributed by atoms with Gasteiger partial charge in [0.1, 0.15) is 0 Å². The van der Waals surface area contributed by atoms with Crippen molar-refractivity contribution in [3.63, 3.8) is 0 Å². The van der Waals surface area contributed by atoms with Gasteiger partial charge in [-0.2, -0.15) is 13.2 Å². The fraction of sp³-hybridized carbons (Fsp3) is 0.667. The molecule has 0 radical (unpaired) electrons. The number of aliphatic hydroxyl groups is 1. The number of alkyl halides is 3. The third-order valence-corrected chi connectivity index (χ3v) is 6.64. The summed E-state index contributed by atoms with van der Waals surface area (Å²) in [5.41, 5.74) is 0.494. The summed E-state index contributed by atoms with van der Waals surface area (Å²) in [6.07, 6.45) is -3.74. The van der Waals surface area contributed by atoms with Gasteiger partial charge in [-0.3, -0.25) is 9.69 Å². The van der Waals surface area contributed by atoms with Gasteiger partial charge in [-0.25, -0.2) is 0 Å². The number of carbonyl (C=O) groups is 1. The fourth-order valence-corrected chi connectivity index (χ4v) is 5.33. The molecule has 0 bridgehead atoms. The van der Waals surface area contributed by atoms with Crippen molar-refractivity contribution < 1.29 is 27.8 Å². The number of halogens is 3. The average molecular weight is 412 g/mol. The molecule has 1 spiro atoms. The Bertz CT molecular complexity index is 716. The van der Waals surface area contributed by atoms with Crippen molar-refractivity contribution in [3.05, 3.63) is 35.9 Å². The van der Waals surface area contributed by atoms with Crippen LogP contribution in [0.5, 0.6) is 0 Å². The maximum atomic E-state index is 13.3. The molecule has 3 saturated heterocycles. The van der Waals surface area contributed by atoms with Crippen LogP contribution in [0.3, 0.4) is 0 Å². The van der Waals surface area contributed by atoms with E-state index in [0.717, 1.165) is 5.56 Å². The predicted octanol–water partition coefficient (Wildman–Crippen LogP) is 2.41. The molecule has 0 saturated carbocycles. The Kier molecular flexibility index (Phi) is 5.61.